The number of ether oxygens (including phenoxy) is 3. The Morgan fingerprint density at radius 1 is 1.32 bits per heavy atom. The maximum Gasteiger partial charge on any atom is 0.227 e. The summed E-state index contributed by atoms with van der Waals surface area (Å²) < 4.78 is 16.3. The monoisotopic (exact) mass is 348 g/mol. The molecule has 1 N–H and O–H groups in total. The lowest BCUT2D eigenvalue weighted by atomic mass is 10.1. The second-order valence-electron chi connectivity index (χ2n) is 6.07. The summed E-state index contributed by atoms with van der Waals surface area (Å²) in [4.78, 5) is 26.2. The van der Waals surface area contributed by atoms with E-state index >= 15 is 0 Å². The van der Waals surface area contributed by atoms with Gasteiger partial charge in [0.05, 0.1) is 5.92 Å². The molecule has 7 heteroatoms. The zero-order valence-electron chi connectivity index (χ0n) is 14.5. The van der Waals surface area contributed by atoms with E-state index in [1.807, 2.05) is 13.0 Å². The lowest BCUT2D eigenvalue weighted by molar-refractivity contribution is -0.126. The zero-order valence-corrected chi connectivity index (χ0v) is 14.5. The molecule has 2 aliphatic heterocycles. The first-order chi connectivity index (χ1) is 12.2. The van der Waals surface area contributed by atoms with E-state index < -0.39 is 0 Å². The second-order valence-corrected chi connectivity index (χ2v) is 6.07. The highest BCUT2D eigenvalue weighted by atomic mass is 16.6. The van der Waals surface area contributed by atoms with Gasteiger partial charge in [0.1, 0.15) is 13.2 Å². The number of carbonyl (C=O) groups is 2. The summed E-state index contributed by atoms with van der Waals surface area (Å²) in [6, 6.07) is 5.43. The van der Waals surface area contributed by atoms with E-state index in [1.54, 1.807) is 17.0 Å². The van der Waals surface area contributed by atoms with E-state index in [0.29, 0.717) is 51.0 Å². The Morgan fingerprint density at radius 2 is 2.12 bits per heavy atom. The van der Waals surface area contributed by atoms with Gasteiger partial charge in [-0.3, -0.25) is 9.59 Å². The topological polar surface area (TPSA) is 77.1 Å². The van der Waals surface area contributed by atoms with Crippen molar-refractivity contribution in [1.82, 2.24) is 5.32 Å². The van der Waals surface area contributed by atoms with Crippen LogP contribution < -0.4 is 19.7 Å². The number of rotatable bonds is 7. The number of fused-ring (bicyclic) bond motifs is 1. The predicted octanol–water partition coefficient (Wildman–Crippen LogP) is 1.35. The zero-order chi connectivity index (χ0) is 17.6. The Bertz CT molecular complexity index is 634. The van der Waals surface area contributed by atoms with Crippen molar-refractivity contribution in [2.24, 2.45) is 5.92 Å². The SMILES string of the molecule is CCOCCCNC(=O)C1CC(=O)N(c2ccc3c(c2)OCCO3)C1. The fraction of sp³-hybridized carbons (Fsp3) is 0.556. The molecule has 0 aromatic heterocycles. The molecule has 25 heavy (non-hydrogen) atoms. The first-order valence-electron chi connectivity index (χ1n) is 8.74. The first kappa shape index (κ1) is 17.5. The first-order valence-corrected chi connectivity index (χ1v) is 8.74. The van der Waals surface area contributed by atoms with Gasteiger partial charge in [-0.25, -0.2) is 0 Å². The summed E-state index contributed by atoms with van der Waals surface area (Å²) in [6.07, 6.45) is 0.998. The summed E-state index contributed by atoms with van der Waals surface area (Å²) in [5.41, 5.74) is 0.737. The lowest BCUT2D eigenvalue weighted by Gasteiger charge is -2.22. The van der Waals surface area contributed by atoms with Crippen LogP contribution in [0.15, 0.2) is 18.2 Å². The van der Waals surface area contributed by atoms with Crippen molar-refractivity contribution < 1.29 is 23.8 Å². The molecule has 2 heterocycles. The molecule has 2 aliphatic rings. The van der Waals surface area contributed by atoms with Gasteiger partial charge in [-0.1, -0.05) is 0 Å². The number of amides is 2. The molecule has 1 unspecified atom stereocenters. The lowest BCUT2D eigenvalue weighted by Crippen LogP contribution is -2.33. The number of nitrogens with zero attached hydrogens (tertiary/aromatic N) is 1. The van der Waals surface area contributed by atoms with Crippen LogP contribution >= 0.6 is 0 Å². The quantitative estimate of drug-likeness (QED) is 0.753. The minimum atomic E-state index is -0.326. The molecular weight excluding hydrogens is 324 g/mol. The van der Waals surface area contributed by atoms with Gasteiger partial charge in [0, 0.05) is 44.5 Å². The van der Waals surface area contributed by atoms with E-state index in [0.717, 1.165) is 12.1 Å². The van der Waals surface area contributed by atoms with Gasteiger partial charge in [0.2, 0.25) is 11.8 Å². The Hall–Kier alpha value is -2.28. The summed E-state index contributed by atoms with van der Waals surface area (Å²) in [5, 5.41) is 2.88. The molecule has 0 aliphatic carbocycles. The number of carbonyl (C=O) groups excluding carboxylic acids is 2. The van der Waals surface area contributed by atoms with Gasteiger partial charge < -0.3 is 24.4 Å². The van der Waals surface area contributed by atoms with E-state index in [1.165, 1.54) is 0 Å². The van der Waals surface area contributed by atoms with E-state index in [-0.39, 0.29) is 24.2 Å². The van der Waals surface area contributed by atoms with Crippen molar-refractivity contribution in [2.75, 3.05) is 44.4 Å². The largest absolute Gasteiger partial charge is 0.486 e. The van der Waals surface area contributed by atoms with Gasteiger partial charge in [-0.05, 0) is 25.5 Å². The van der Waals surface area contributed by atoms with Crippen LogP contribution in [0.1, 0.15) is 19.8 Å². The Labute approximate surface area is 147 Å². The number of hydrogen-bond donors (Lipinski definition) is 1. The highest BCUT2D eigenvalue weighted by Gasteiger charge is 2.35. The Morgan fingerprint density at radius 3 is 2.92 bits per heavy atom. The Balaban J connectivity index is 1.56. The minimum Gasteiger partial charge on any atom is -0.486 e. The molecule has 1 atom stereocenters. The number of nitrogens with one attached hydrogen (secondary N) is 1. The molecule has 1 saturated heterocycles. The van der Waals surface area contributed by atoms with Crippen molar-refractivity contribution in [3.05, 3.63) is 18.2 Å². The van der Waals surface area contributed by atoms with Crippen LogP contribution in [0.2, 0.25) is 0 Å². The van der Waals surface area contributed by atoms with Crippen molar-refractivity contribution in [1.29, 1.82) is 0 Å². The average Bonchev–Trinajstić information content (AvgIpc) is 3.03. The van der Waals surface area contributed by atoms with Gasteiger partial charge in [0.15, 0.2) is 11.5 Å². The standard InChI is InChI=1S/C18H24N2O5/c1-2-23-7-3-6-19-18(22)13-10-17(21)20(12-13)14-4-5-15-16(11-14)25-9-8-24-15/h4-5,11,13H,2-3,6-10,12H2,1H3,(H,19,22). The Kier molecular flexibility index (Phi) is 5.75. The minimum absolute atomic E-state index is 0.0499. The maximum absolute atomic E-state index is 12.3. The van der Waals surface area contributed by atoms with Crippen LogP contribution in [-0.4, -0.2) is 51.3 Å². The molecule has 0 spiro atoms. The summed E-state index contributed by atoms with van der Waals surface area (Å²) in [7, 11) is 0. The summed E-state index contributed by atoms with van der Waals surface area (Å²) in [6.45, 7) is 5.22. The van der Waals surface area contributed by atoms with E-state index in [2.05, 4.69) is 5.32 Å². The van der Waals surface area contributed by atoms with Crippen LogP contribution in [0.4, 0.5) is 5.69 Å². The fourth-order valence-electron chi connectivity index (χ4n) is 3.01. The number of anilines is 1. The van der Waals surface area contributed by atoms with Gasteiger partial charge in [0.25, 0.3) is 0 Å². The summed E-state index contributed by atoms with van der Waals surface area (Å²) in [5.74, 6) is 0.870. The van der Waals surface area contributed by atoms with E-state index in [9.17, 15) is 9.59 Å². The fourth-order valence-corrected chi connectivity index (χ4v) is 3.01. The van der Waals surface area contributed by atoms with Gasteiger partial charge >= 0.3 is 0 Å². The van der Waals surface area contributed by atoms with Crippen molar-refractivity contribution in [2.45, 2.75) is 19.8 Å². The molecule has 2 amide bonds. The van der Waals surface area contributed by atoms with Gasteiger partial charge in [-0.15, -0.1) is 0 Å². The maximum atomic E-state index is 12.3. The van der Waals surface area contributed by atoms with Crippen molar-refractivity contribution >= 4 is 17.5 Å². The normalized spacial score (nSPS) is 19.2. The molecule has 0 bridgehead atoms. The van der Waals surface area contributed by atoms with Crippen LogP contribution in [-0.2, 0) is 14.3 Å². The second kappa shape index (κ2) is 8.20. The van der Waals surface area contributed by atoms with Crippen molar-refractivity contribution in [3.63, 3.8) is 0 Å². The third kappa shape index (κ3) is 4.22. The van der Waals surface area contributed by atoms with Crippen LogP contribution in [0.5, 0.6) is 11.5 Å². The van der Waals surface area contributed by atoms with E-state index in [4.69, 9.17) is 14.2 Å². The molecule has 0 radical (unpaired) electrons. The molecule has 1 aromatic rings. The predicted molar refractivity (Wildman–Crippen MR) is 92.0 cm³/mol. The van der Waals surface area contributed by atoms with Crippen LogP contribution in [0, 0.1) is 5.92 Å². The molecule has 136 valence electrons. The third-order valence-corrected chi connectivity index (χ3v) is 4.30. The van der Waals surface area contributed by atoms with Crippen LogP contribution in [0.25, 0.3) is 0 Å². The number of hydrogen-bond acceptors (Lipinski definition) is 5. The van der Waals surface area contributed by atoms with Crippen molar-refractivity contribution in [3.8, 4) is 11.5 Å². The molecule has 0 saturated carbocycles. The molecule has 1 aromatic carbocycles. The third-order valence-electron chi connectivity index (χ3n) is 4.30. The smallest absolute Gasteiger partial charge is 0.227 e. The molecular formula is C18H24N2O5. The highest BCUT2D eigenvalue weighted by Crippen LogP contribution is 2.35. The van der Waals surface area contributed by atoms with Crippen LogP contribution in [0.3, 0.4) is 0 Å². The highest BCUT2D eigenvalue weighted by molar-refractivity contribution is 6.00. The molecule has 1 fully saturated rings. The summed E-state index contributed by atoms with van der Waals surface area (Å²) >= 11 is 0. The average molecular weight is 348 g/mol. The van der Waals surface area contributed by atoms with Gasteiger partial charge in [-0.2, -0.15) is 0 Å². The molecule has 3 rings (SSSR count). The number of benzene rings is 1. The molecule has 7 nitrogen and oxygen atoms in total.